The van der Waals surface area contributed by atoms with Crippen LogP contribution >= 0.6 is 15.9 Å². The molecule has 7 heteroatoms. The van der Waals surface area contributed by atoms with Crippen LogP contribution in [0.4, 0.5) is 5.69 Å². The summed E-state index contributed by atoms with van der Waals surface area (Å²) < 4.78 is 17.7. The number of carbonyl (C=O) groups is 1. The van der Waals surface area contributed by atoms with Gasteiger partial charge >= 0.3 is 0 Å². The molecule has 30 heavy (non-hydrogen) atoms. The Morgan fingerprint density at radius 2 is 1.90 bits per heavy atom. The van der Waals surface area contributed by atoms with Crippen LogP contribution in [0.3, 0.4) is 0 Å². The maximum Gasteiger partial charge on any atom is 0.291 e. The minimum atomic E-state index is -0.285. The van der Waals surface area contributed by atoms with Crippen molar-refractivity contribution in [2.24, 2.45) is 0 Å². The Morgan fingerprint density at radius 3 is 2.73 bits per heavy atom. The van der Waals surface area contributed by atoms with Crippen LogP contribution in [0, 0.1) is 0 Å². The van der Waals surface area contributed by atoms with Crippen LogP contribution in [-0.2, 0) is 17.9 Å². The number of hydrogen-bond acceptors (Lipinski definition) is 5. The van der Waals surface area contributed by atoms with E-state index < -0.39 is 0 Å². The first-order chi connectivity index (χ1) is 14.7. The Hall–Kier alpha value is -2.61. The molecule has 2 heterocycles. The summed E-state index contributed by atoms with van der Waals surface area (Å²) in [6.07, 6.45) is 0. The number of nitrogens with one attached hydrogen (secondary N) is 1. The zero-order valence-corrected chi connectivity index (χ0v) is 18.1. The molecule has 1 aliphatic heterocycles. The second-order valence-corrected chi connectivity index (χ2v) is 7.97. The van der Waals surface area contributed by atoms with Crippen molar-refractivity contribution in [3.8, 4) is 5.75 Å². The first-order valence-electron chi connectivity index (χ1n) is 9.83. The number of hydrogen-bond donors (Lipinski definition) is 1. The highest BCUT2D eigenvalue weighted by Crippen LogP contribution is 2.20. The van der Waals surface area contributed by atoms with E-state index in [0.29, 0.717) is 5.76 Å². The average Bonchev–Trinajstić information content (AvgIpc) is 3.23. The van der Waals surface area contributed by atoms with Crippen LogP contribution in [0.2, 0.25) is 0 Å². The lowest BCUT2D eigenvalue weighted by atomic mass is 10.2. The number of morpholine rings is 1. The van der Waals surface area contributed by atoms with Crippen molar-refractivity contribution >= 4 is 27.5 Å². The fraction of sp³-hybridized carbons (Fsp3) is 0.261. The molecule has 1 saturated heterocycles. The Balaban J connectivity index is 1.33. The maximum absolute atomic E-state index is 12.6. The van der Waals surface area contributed by atoms with Crippen LogP contribution in [0.15, 0.2) is 69.6 Å². The average molecular weight is 471 g/mol. The maximum atomic E-state index is 12.6. The van der Waals surface area contributed by atoms with Gasteiger partial charge in [0.1, 0.15) is 18.1 Å². The minimum Gasteiger partial charge on any atom is -0.486 e. The van der Waals surface area contributed by atoms with E-state index in [1.807, 2.05) is 42.5 Å². The summed E-state index contributed by atoms with van der Waals surface area (Å²) in [5.74, 6) is 1.28. The third-order valence-electron chi connectivity index (χ3n) is 4.76. The lowest BCUT2D eigenvalue weighted by Gasteiger charge is -2.26. The number of ether oxygens (including phenoxy) is 2. The largest absolute Gasteiger partial charge is 0.486 e. The van der Waals surface area contributed by atoms with Gasteiger partial charge in [0.15, 0.2) is 5.76 Å². The van der Waals surface area contributed by atoms with Gasteiger partial charge in [-0.15, -0.1) is 0 Å². The van der Waals surface area contributed by atoms with E-state index in [-0.39, 0.29) is 18.3 Å². The van der Waals surface area contributed by atoms with E-state index in [4.69, 9.17) is 13.9 Å². The van der Waals surface area contributed by atoms with Crippen molar-refractivity contribution in [2.75, 3.05) is 31.6 Å². The van der Waals surface area contributed by atoms with Crippen molar-refractivity contribution in [1.29, 1.82) is 0 Å². The molecule has 0 aliphatic carbocycles. The van der Waals surface area contributed by atoms with Gasteiger partial charge in [0, 0.05) is 29.8 Å². The lowest BCUT2D eigenvalue weighted by Crippen LogP contribution is -2.35. The number of rotatable bonds is 7. The Labute approximate surface area is 183 Å². The molecule has 2 aromatic carbocycles. The highest BCUT2D eigenvalue weighted by Gasteiger charge is 2.14. The normalized spacial score (nSPS) is 14.4. The number of halogens is 1. The number of carbonyl (C=O) groups excluding carboxylic acids is 1. The van der Waals surface area contributed by atoms with Crippen LogP contribution in [0.1, 0.15) is 21.9 Å². The Kier molecular flexibility index (Phi) is 6.84. The van der Waals surface area contributed by atoms with E-state index in [1.165, 1.54) is 0 Å². The standard InChI is InChI=1S/C23H23BrN2O4/c24-18-4-2-6-20(14-18)29-16-21-7-8-22(30-21)23(27)25-19-5-1-3-17(13-19)15-26-9-11-28-12-10-26/h1-8,13-14H,9-12,15-16H2,(H,25,27). The molecule has 156 valence electrons. The van der Waals surface area contributed by atoms with Gasteiger partial charge in [0.05, 0.1) is 13.2 Å². The van der Waals surface area contributed by atoms with Gasteiger partial charge in [-0.1, -0.05) is 34.1 Å². The van der Waals surface area contributed by atoms with E-state index in [1.54, 1.807) is 12.1 Å². The molecule has 0 bridgehead atoms. The minimum absolute atomic E-state index is 0.249. The van der Waals surface area contributed by atoms with Gasteiger partial charge in [0.2, 0.25) is 0 Å². The quantitative estimate of drug-likeness (QED) is 0.541. The first-order valence-corrected chi connectivity index (χ1v) is 10.6. The Morgan fingerprint density at radius 1 is 1.07 bits per heavy atom. The van der Waals surface area contributed by atoms with Crippen LogP contribution in [-0.4, -0.2) is 37.1 Å². The van der Waals surface area contributed by atoms with Gasteiger partial charge in [-0.3, -0.25) is 9.69 Å². The number of nitrogens with zero attached hydrogens (tertiary/aromatic N) is 1. The summed E-state index contributed by atoms with van der Waals surface area (Å²) in [4.78, 5) is 14.9. The molecule has 1 N–H and O–H groups in total. The molecule has 1 aromatic heterocycles. The van der Waals surface area contributed by atoms with Crippen LogP contribution in [0.5, 0.6) is 5.75 Å². The van der Waals surface area contributed by atoms with Crippen LogP contribution in [0.25, 0.3) is 0 Å². The first kappa shape index (κ1) is 20.7. The molecule has 1 aliphatic rings. The van der Waals surface area contributed by atoms with Gasteiger partial charge in [-0.2, -0.15) is 0 Å². The summed E-state index contributed by atoms with van der Waals surface area (Å²) in [7, 11) is 0. The number of amides is 1. The summed E-state index contributed by atoms with van der Waals surface area (Å²) in [5.41, 5.74) is 1.89. The predicted octanol–water partition coefficient (Wildman–Crippen LogP) is 4.71. The molecule has 4 rings (SSSR count). The van der Waals surface area contributed by atoms with Gasteiger partial charge in [0.25, 0.3) is 5.91 Å². The van der Waals surface area contributed by atoms with Crippen molar-refractivity contribution in [3.05, 3.63) is 82.2 Å². The molecular weight excluding hydrogens is 448 g/mol. The van der Waals surface area contributed by atoms with E-state index in [2.05, 4.69) is 32.2 Å². The van der Waals surface area contributed by atoms with Crippen molar-refractivity contribution < 1.29 is 18.7 Å². The predicted molar refractivity (Wildman–Crippen MR) is 118 cm³/mol. The van der Waals surface area contributed by atoms with Crippen LogP contribution < -0.4 is 10.1 Å². The molecule has 0 unspecified atom stereocenters. The lowest BCUT2D eigenvalue weighted by molar-refractivity contribution is 0.0342. The monoisotopic (exact) mass is 470 g/mol. The third-order valence-corrected chi connectivity index (χ3v) is 5.25. The Bertz CT molecular complexity index is 998. The number of anilines is 1. The third kappa shape index (κ3) is 5.72. The van der Waals surface area contributed by atoms with Crippen molar-refractivity contribution in [1.82, 2.24) is 4.90 Å². The molecule has 0 saturated carbocycles. The van der Waals surface area contributed by atoms with Gasteiger partial charge in [-0.05, 0) is 48.0 Å². The number of furan rings is 1. The fourth-order valence-corrected chi connectivity index (χ4v) is 3.62. The molecule has 0 radical (unpaired) electrons. The van der Waals surface area contributed by atoms with E-state index in [0.717, 1.165) is 54.3 Å². The van der Waals surface area contributed by atoms with Gasteiger partial charge < -0.3 is 19.2 Å². The van der Waals surface area contributed by atoms with E-state index in [9.17, 15) is 4.79 Å². The fourth-order valence-electron chi connectivity index (χ4n) is 3.25. The summed E-state index contributed by atoms with van der Waals surface area (Å²) in [5, 5.41) is 2.91. The second kappa shape index (κ2) is 9.93. The summed E-state index contributed by atoms with van der Waals surface area (Å²) in [6.45, 7) is 4.47. The molecule has 1 fully saturated rings. The van der Waals surface area contributed by atoms with Crippen molar-refractivity contribution in [3.63, 3.8) is 0 Å². The SMILES string of the molecule is O=C(Nc1cccc(CN2CCOCC2)c1)c1ccc(COc2cccc(Br)c2)o1. The topological polar surface area (TPSA) is 63.9 Å². The molecule has 0 atom stereocenters. The molecule has 0 spiro atoms. The zero-order valence-electron chi connectivity index (χ0n) is 16.5. The smallest absolute Gasteiger partial charge is 0.291 e. The van der Waals surface area contributed by atoms with Crippen molar-refractivity contribution in [2.45, 2.75) is 13.2 Å². The molecule has 3 aromatic rings. The summed E-state index contributed by atoms with van der Waals surface area (Å²) in [6, 6.07) is 18.9. The highest BCUT2D eigenvalue weighted by atomic mass is 79.9. The number of benzene rings is 2. The second-order valence-electron chi connectivity index (χ2n) is 7.06. The molecule has 6 nitrogen and oxygen atoms in total. The summed E-state index contributed by atoms with van der Waals surface area (Å²) >= 11 is 3.41. The molecular formula is C23H23BrN2O4. The highest BCUT2D eigenvalue weighted by molar-refractivity contribution is 9.10. The van der Waals surface area contributed by atoms with Gasteiger partial charge in [-0.25, -0.2) is 0 Å². The zero-order chi connectivity index (χ0) is 20.8. The molecule has 1 amide bonds. The van der Waals surface area contributed by atoms with E-state index >= 15 is 0 Å².